The summed E-state index contributed by atoms with van der Waals surface area (Å²) in [5, 5.41) is 0. The lowest BCUT2D eigenvalue weighted by Gasteiger charge is -2.41. The molecule has 2 aliphatic carbocycles. The van der Waals surface area contributed by atoms with E-state index in [4.69, 9.17) is 10.5 Å². The summed E-state index contributed by atoms with van der Waals surface area (Å²) in [7, 11) is 0. The second kappa shape index (κ2) is 5.48. The fourth-order valence-electron chi connectivity index (χ4n) is 5.50. The third-order valence-electron chi connectivity index (χ3n) is 6.66. The van der Waals surface area contributed by atoms with Crippen molar-refractivity contribution in [2.45, 2.75) is 63.0 Å². The van der Waals surface area contributed by atoms with E-state index in [1.54, 1.807) is 0 Å². The zero-order chi connectivity index (χ0) is 13.6. The molecule has 4 rings (SSSR count). The van der Waals surface area contributed by atoms with Crippen LogP contribution in [0.1, 0.15) is 51.4 Å². The Morgan fingerprint density at radius 2 is 2.20 bits per heavy atom. The Bertz CT molecular complexity index is 355. The number of nitrogens with two attached hydrogens (primary N) is 1. The molecule has 4 aliphatic rings. The quantitative estimate of drug-likeness (QED) is 0.866. The van der Waals surface area contributed by atoms with E-state index in [0.29, 0.717) is 6.04 Å². The van der Waals surface area contributed by atoms with Crippen LogP contribution >= 0.6 is 11.8 Å². The van der Waals surface area contributed by atoms with E-state index in [9.17, 15) is 0 Å². The average molecular weight is 295 g/mol. The number of hydrogen-bond donors (Lipinski definition) is 1. The molecule has 0 radical (unpaired) electrons. The fourth-order valence-corrected chi connectivity index (χ4v) is 6.88. The molecule has 20 heavy (non-hydrogen) atoms. The highest BCUT2D eigenvalue weighted by molar-refractivity contribution is 7.99. The molecule has 4 fully saturated rings. The van der Waals surface area contributed by atoms with Gasteiger partial charge in [-0.2, -0.15) is 11.8 Å². The molecule has 3 heteroatoms. The average Bonchev–Trinajstić information content (AvgIpc) is 3.16. The highest BCUT2D eigenvalue weighted by Gasteiger charge is 2.44. The molecule has 1 spiro atoms. The van der Waals surface area contributed by atoms with Crippen LogP contribution in [-0.4, -0.2) is 29.8 Å². The van der Waals surface area contributed by atoms with Gasteiger partial charge in [0.25, 0.3) is 0 Å². The first-order chi connectivity index (χ1) is 9.74. The van der Waals surface area contributed by atoms with Crippen molar-refractivity contribution in [2.24, 2.45) is 29.4 Å². The Labute approximate surface area is 127 Å². The smallest absolute Gasteiger partial charge is 0.0783 e. The SMILES string of the molecule is NC(CC1CC2CCC1C2)C1CCOC2(CCSC2)C1. The molecular formula is C17H29NOS. The van der Waals surface area contributed by atoms with E-state index >= 15 is 0 Å². The first kappa shape index (κ1) is 13.9. The van der Waals surface area contributed by atoms with Crippen molar-refractivity contribution in [3.05, 3.63) is 0 Å². The Balaban J connectivity index is 1.35. The summed E-state index contributed by atoms with van der Waals surface area (Å²) in [5.41, 5.74) is 6.86. The molecule has 2 heterocycles. The summed E-state index contributed by atoms with van der Waals surface area (Å²) in [4.78, 5) is 0. The van der Waals surface area contributed by atoms with E-state index < -0.39 is 0 Å². The van der Waals surface area contributed by atoms with E-state index in [-0.39, 0.29) is 5.60 Å². The van der Waals surface area contributed by atoms with E-state index in [2.05, 4.69) is 11.8 Å². The van der Waals surface area contributed by atoms with Crippen LogP contribution in [0.2, 0.25) is 0 Å². The molecule has 6 atom stereocenters. The van der Waals surface area contributed by atoms with E-state index in [0.717, 1.165) is 30.3 Å². The van der Waals surface area contributed by atoms with Crippen LogP contribution in [0, 0.1) is 23.7 Å². The normalized spacial score (nSPS) is 49.0. The molecule has 2 aliphatic heterocycles. The van der Waals surface area contributed by atoms with Crippen LogP contribution in [0.15, 0.2) is 0 Å². The Morgan fingerprint density at radius 3 is 2.90 bits per heavy atom. The fraction of sp³-hybridized carbons (Fsp3) is 1.00. The molecule has 114 valence electrons. The molecule has 2 nitrogen and oxygen atoms in total. The summed E-state index contributed by atoms with van der Waals surface area (Å²) in [5.74, 6) is 6.27. The molecule has 2 N–H and O–H groups in total. The lowest BCUT2D eigenvalue weighted by atomic mass is 9.76. The topological polar surface area (TPSA) is 35.2 Å². The molecule has 0 aromatic carbocycles. The van der Waals surface area contributed by atoms with Gasteiger partial charge in [0.1, 0.15) is 0 Å². The van der Waals surface area contributed by atoms with Gasteiger partial charge in [0.05, 0.1) is 5.60 Å². The van der Waals surface area contributed by atoms with Gasteiger partial charge in [-0.15, -0.1) is 0 Å². The number of thioether (sulfide) groups is 1. The predicted molar refractivity (Wildman–Crippen MR) is 84.9 cm³/mol. The van der Waals surface area contributed by atoms with Gasteiger partial charge in [-0.05, 0) is 74.4 Å². The molecule has 2 saturated heterocycles. The maximum absolute atomic E-state index is 6.65. The third-order valence-corrected chi connectivity index (χ3v) is 7.89. The standard InChI is InChI=1S/C17H29NOS/c18-16(9-15-8-12-1-2-13(15)7-12)14-3-5-19-17(10-14)4-6-20-11-17/h12-16H,1-11,18H2. The Morgan fingerprint density at radius 1 is 1.25 bits per heavy atom. The Hall–Kier alpha value is 0.270. The highest BCUT2D eigenvalue weighted by atomic mass is 32.2. The molecule has 0 amide bonds. The minimum absolute atomic E-state index is 0.208. The van der Waals surface area contributed by atoms with Crippen molar-refractivity contribution in [1.29, 1.82) is 0 Å². The minimum Gasteiger partial charge on any atom is -0.374 e. The number of ether oxygens (including phenoxy) is 1. The van der Waals surface area contributed by atoms with Crippen molar-refractivity contribution >= 4 is 11.8 Å². The predicted octanol–water partition coefficient (Wildman–Crippen LogP) is 3.44. The maximum Gasteiger partial charge on any atom is 0.0783 e. The maximum atomic E-state index is 6.65. The van der Waals surface area contributed by atoms with Crippen molar-refractivity contribution < 1.29 is 4.74 Å². The van der Waals surface area contributed by atoms with Gasteiger partial charge in [0.15, 0.2) is 0 Å². The first-order valence-corrected chi connectivity index (χ1v) is 9.87. The van der Waals surface area contributed by atoms with Gasteiger partial charge < -0.3 is 10.5 Å². The van der Waals surface area contributed by atoms with Gasteiger partial charge >= 0.3 is 0 Å². The van der Waals surface area contributed by atoms with Gasteiger partial charge in [0.2, 0.25) is 0 Å². The van der Waals surface area contributed by atoms with Crippen LogP contribution in [0.4, 0.5) is 0 Å². The zero-order valence-corrected chi connectivity index (χ0v) is 13.4. The van der Waals surface area contributed by atoms with E-state index in [1.165, 1.54) is 62.9 Å². The van der Waals surface area contributed by atoms with Crippen molar-refractivity contribution in [3.63, 3.8) is 0 Å². The molecule has 6 unspecified atom stereocenters. The first-order valence-electron chi connectivity index (χ1n) is 8.71. The summed E-state index contributed by atoms with van der Waals surface area (Å²) in [6.07, 6.45) is 11.0. The summed E-state index contributed by atoms with van der Waals surface area (Å²) < 4.78 is 6.15. The number of fused-ring (bicyclic) bond motifs is 2. The lowest BCUT2D eigenvalue weighted by Crippen LogP contribution is -2.46. The Kier molecular flexibility index (Phi) is 3.81. The number of hydrogen-bond acceptors (Lipinski definition) is 3. The van der Waals surface area contributed by atoms with Gasteiger partial charge in [0, 0.05) is 18.4 Å². The molecule has 0 aromatic rings. The van der Waals surface area contributed by atoms with Crippen molar-refractivity contribution in [1.82, 2.24) is 0 Å². The van der Waals surface area contributed by atoms with Crippen LogP contribution in [0.3, 0.4) is 0 Å². The summed E-state index contributed by atoms with van der Waals surface area (Å²) in [6.45, 7) is 0.954. The van der Waals surface area contributed by atoms with Gasteiger partial charge in [-0.25, -0.2) is 0 Å². The van der Waals surface area contributed by atoms with Crippen LogP contribution in [-0.2, 0) is 4.74 Å². The van der Waals surface area contributed by atoms with Crippen LogP contribution in [0.5, 0.6) is 0 Å². The van der Waals surface area contributed by atoms with Gasteiger partial charge in [-0.1, -0.05) is 6.42 Å². The zero-order valence-electron chi connectivity index (χ0n) is 12.6. The van der Waals surface area contributed by atoms with Crippen molar-refractivity contribution in [3.8, 4) is 0 Å². The molecular weight excluding hydrogens is 266 g/mol. The second-order valence-corrected chi connectivity index (χ2v) is 9.03. The molecule has 2 bridgehead atoms. The summed E-state index contributed by atoms with van der Waals surface area (Å²) in [6, 6.07) is 0.436. The van der Waals surface area contributed by atoms with E-state index in [1.807, 2.05) is 0 Å². The number of rotatable bonds is 3. The summed E-state index contributed by atoms with van der Waals surface area (Å²) >= 11 is 2.07. The monoisotopic (exact) mass is 295 g/mol. The minimum atomic E-state index is 0.208. The van der Waals surface area contributed by atoms with Crippen LogP contribution < -0.4 is 5.73 Å². The van der Waals surface area contributed by atoms with Crippen LogP contribution in [0.25, 0.3) is 0 Å². The molecule has 0 aromatic heterocycles. The molecule has 2 saturated carbocycles. The van der Waals surface area contributed by atoms with Crippen molar-refractivity contribution in [2.75, 3.05) is 18.1 Å². The highest BCUT2D eigenvalue weighted by Crippen LogP contribution is 2.50. The second-order valence-electron chi connectivity index (χ2n) is 7.92. The lowest BCUT2D eigenvalue weighted by molar-refractivity contribution is -0.0844. The largest absolute Gasteiger partial charge is 0.374 e. The van der Waals surface area contributed by atoms with Gasteiger partial charge in [-0.3, -0.25) is 0 Å². The third kappa shape index (κ3) is 2.55.